The molecule has 2 fully saturated rings. The lowest BCUT2D eigenvalue weighted by atomic mass is 9.87. The fourth-order valence-corrected chi connectivity index (χ4v) is 15.0. The predicted molar refractivity (Wildman–Crippen MR) is 415 cm³/mol. The van der Waals surface area contributed by atoms with Gasteiger partial charge in [0, 0.05) is 47.1 Å². The molecule has 2 aliphatic rings. The van der Waals surface area contributed by atoms with Crippen molar-refractivity contribution >= 4 is 115 Å². The van der Waals surface area contributed by atoms with Crippen LogP contribution in [0.15, 0.2) is 68.5 Å². The van der Waals surface area contributed by atoms with Crippen molar-refractivity contribution in [2.45, 2.75) is 283 Å². The van der Waals surface area contributed by atoms with Gasteiger partial charge in [-0.2, -0.15) is 0 Å². The maximum Gasteiger partial charge on any atom is 0.127 e. The van der Waals surface area contributed by atoms with Gasteiger partial charge in [-0.3, -0.25) is 20.0 Å². The average molecular weight is 2160 g/mol. The number of benzene rings is 4. The Kier molecular flexibility index (Phi) is 50.9. The van der Waals surface area contributed by atoms with Crippen LogP contribution in [0.3, 0.4) is 0 Å². The molecular formula is C76H112I8N4O4-4. The molecule has 2 saturated carbocycles. The van der Waals surface area contributed by atoms with E-state index in [4.69, 9.17) is 20.0 Å². The Balaban J connectivity index is 0.000000882. The molecule has 4 aromatic carbocycles. The Labute approximate surface area is 681 Å². The summed E-state index contributed by atoms with van der Waals surface area (Å²) in [6.45, 7) is 17.1. The van der Waals surface area contributed by atoms with Crippen LogP contribution < -0.4 is 95.9 Å². The number of nitrogens with zero attached hydrogens (tertiary/aromatic N) is 4. The molecule has 4 N–H and O–H groups in total. The molecule has 0 amide bonds. The molecule has 8 nitrogen and oxygen atoms in total. The van der Waals surface area contributed by atoms with Gasteiger partial charge in [0.15, 0.2) is 0 Å². The Morgan fingerprint density at radius 2 is 0.522 bits per heavy atom. The number of phenols is 4. The second-order valence-corrected chi connectivity index (χ2v) is 30.0. The average Bonchev–Trinajstić information content (AvgIpc) is 0.946. The van der Waals surface area contributed by atoms with Crippen molar-refractivity contribution in [1.82, 2.24) is 0 Å². The molecule has 520 valence electrons. The van der Waals surface area contributed by atoms with Gasteiger partial charge in [-0.15, -0.1) is 0 Å². The third-order valence-corrected chi connectivity index (χ3v) is 21.7. The van der Waals surface area contributed by atoms with Crippen LogP contribution >= 0.6 is 90.4 Å². The van der Waals surface area contributed by atoms with Gasteiger partial charge in [0.05, 0.1) is 24.2 Å². The number of hydrogen-bond acceptors (Lipinski definition) is 8. The molecule has 0 saturated heterocycles. The minimum atomic E-state index is 0. The zero-order valence-corrected chi connectivity index (χ0v) is 74.0. The molecule has 0 heterocycles. The van der Waals surface area contributed by atoms with Gasteiger partial charge in [-0.25, -0.2) is 0 Å². The zero-order chi connectivity index (χ0) is 63.8. The Morgan fingerprint density at radius 1 is 0.337 bits per heavy atom. The fourth-order valence-electron chi connectivity index (χ4n) is 13.3. The van der Waals surface area contributed by atoms with Gasteiger partial charge in [-0.05, 0) is 241 Å². The topological polar surface area (TPSA) is 130 Å². The van der Waals surface area contributed by atoms with Gasteiger partial charge in [0.25, 0.3) is 0 Å². The van der Waals surface area contributed by atoms with Crippen LogP contribution in [0, 0.1) is 27.7 Å². The first kappa shape index (κ1) is 90.6. The number of halogens is 8. The molecule has 0 aromatic heterocycles. The molecule has 0 aliphatic heterocycles. The normalized spacial score (nSPS) is 16.8. The lowest BCUT2D eigenvalue weighted by molar-refractivity contribution is -0.00100. The first-order valence-electron chi connectivity index (χ1n) is 34.4. The van der Waals surface area contributed by atoms with Gasteiger partial charge in [0.2, 0.25) is 0 Å². The van der Waals surface area contributed by atoms with Crippen LogP contribution in [0.2, 0.25) is 0 Å². The van der Waals surface area contributed by atoms with Crippen molar-refractivity contribution < 1.29 is 116 Å². The lowest BCUT2D eigenvalue weighted by Crippen LogP contribution is -3.00. The van der Waals surface area contributed by atoms with Crippen LogP contribution in [0.5, 0.6) is 23.0 Å². The predicted octanol–water partition coefficient (Wildman–Crippen LogP) is 11.1. The smallest absolute Gasteiger partial charge is 0.127 e. The van der Waals surface area contributed by atoms with Crippen LogP contribution in [-0.4, -0.2) is 87.2 Å². The van der Waals surface area contributed by atoms with E-state index in [1.54, 1.807) is 0 Å². The van der Waals surface area contributed by atoms with Crippen LogP contribution in [0.1, 0.15) is 298 Å². The first-order valence-corrected chi connectivity index (χ1v) is 40.5. The van der Waals surface area contributed by atoms with Gasteiger partial charge < -0.3 is 116 Å². The number of aryl methyl sites for hydroxylation is 4. The summed E-state index contributed by atoms with van der Waals surface area (Å²) in [6.07, 6.45) is 40.3. The van der Waals surface area contributed by atoms with Crippen molar-refractivity contribution in [3.05, 3.63) is 115 Å². The number of alkyl halides is 4. The Bertz CT molecular complexity index is 2410. The number of aliphatic imine (C=N–C) groups is 4. The minimum Gasteiger partial charge on any atom is -1.00 e. The molecule has 92 heavy (non-hydrogen) atoms. The second-order valence-electron chi connectivity index (χ2n) is 25.7. The van der Waals surface area contributed by atoms with E-state index in [1.165, 1.54) is 168 Å². The highest BCUT2D eigenvalue weighted by Gasteiger charge is 2.27. The molecule has 2 aliphatic carbocycles. The SMILES string of the molecule is CCCCC(CCCC)c1cc(C)c(O)c(C=NC2CCCCC2N=Cc2cc(C(CCCC)CCCC)cc(C)c2O)c1.Cc1cc(C(CCCI)CCCI)cc(C=NC2CCCCC2N=Cc2cc(C(CCCI)CCCI)cc(C)c2O)c1O.[I-].[I-].[I-].[I-]. The summed E-state index contributed by atoms with van der Waals surface area (Å²) < 4.78 is 4.69. The largest absolute Gasteiger partial charge is 1.00 e. The molecule has 4 unspecified atom stereocenters. The number of hydrogen-bond donors (Lipinski definition) is 4. The number of phenolic OH excluding ortho intramolecular Hbond substituents is 4. The van der Waals surface area contributed by atoms with E-state index in [9.17, 15) is 20.4 Å². The standard InChI is InChI=1S/C40H62N2O2.C36H50I4N2O2.4HI/c1-7-11-17-31(18-12-8-2)33-23-29(5)39(43)35(25-33)27-41-37-21-15-16-22-38(37)42-28-36-26-34(24-30(6)40(36)44)32(19-13-9-3)20-14-10-4;1-25-19-29(27(9-5-15-37)10-6-16-38)21-31(35(25)43)23-41-33-13-3-4-14-34(33)42-24-32-22-30(20-26(2)36(32)44)28(11-7-17-39)12-8-18-40;;;;/h23-28,31-32,37-38,43-44H,7-22H2,1-6H3;19-24,27-28,33-34,43-44H,3-18H2,1-2H3;4*1H/p-4. The van der Waals surface area contributed by atoms with Gasteiger partial charge in [-0.1, -0.05) is 219 Å². The molecule has 0 radical (unpaired) electrons. The molecule has 16 heteroatoms. The summed E-state index contributed by atoms with van der Waals surface area (Å²) in [5.41, 5.74) is 12.4. The molecule has 4 aromatic rings. The maximum atomic E-state index is 11.0. The monoisotopic (exact) mass is 2160 g/mol. The highest BCUT2D eigenvalue weighted by Crippen LogP contribution is 2.38. The molecular weight excluding hydrogens is 2050 g/mol. The minimum absolute atomic E-state index is 0. The highest BCUT2D eigenvalue weighted by atomic mass is 127. The number of aromatic hydroxyl groups is 4. The van der Waals surface area contributed by atoms with E-state index >= 15 is 0 Å². The van der Waals surface area contributed by atoms with E-state index in [-0.39, 0.29) is 120 Å². The van der Waals surface area contributed by atoms with Crippen LogP contribution in [0.25, 0.3) is 0 Å². The van der Waals surface area contributed by atoms with E-state index in [0.29, 0.717) is 46.7 Å². The van der Waals surface area contributed by atoms with Crippen molar-refractivity contribution in [2.75, 3.05) is 17.7 Å². The molecule has 0 spiro atoms. The third-order valence-electron chi connectivity index (χ3n) is 18.7. The van der Waals surface area contributed by atoms with E-state index in [0.717, 1.165) is 95.9 Å². The summed E-state index contributed by atoms with van der Waals surface area (Å²) in [6, 6.07) is 17.8. The number of rotatable bonds is 36. The van der Waals surface area contributed by atoms with Crippen molar-refractivity contribution in [2.24, 2.45) is 20.0 Å². The summed E-state index contributed by atoms with van der Waals surface area (Å²) >= 11 is 9.90. The third kappa shape index (κ3) is 30.4. The van der Waals surface area contributed by atoms with Crippen LogP contribution in [0.4, 0.5) is 0 Å². The lowest BCUT2D eigenvalue weighted by Gasteiger charge is -2.26. The Morgan fingerprint density at radius 3 is 0.696 bits per heavy atom. The molecule has 0 bridgehead atoms. The summed E-state index contributed by atoms with van der Waals surface area (Å²) in [4.78, 5) is 20.3. The zero-order valence-electron chi connectivity index (χ0n) is 56.8. The second kappa shape index (κ2) is 51.7. The maximum absolute atomic E-state index is 11.0. The summed E-state index contributed by atoms with van der Waals surface area (Å²) in [7, 11) is 0. The Hall–Kier alpha value is 0.600. The number of unbranched alkanes of at least 4 members (excludes halogenated alkanes) is 4. The van der Waals surface area contributed by atoms with E-state index in [2.05, 4.69) is 167 Å². The van der Waals surface area contributed by atoms with Crippen LogP contribution in [-0.2, 0) is 0 Å². The highest BCUT2D eigenvalue weighted by molar-refractivity contribution is 14.1. The van der Waals surface area contributed by atoms with E-state index < -0.39 is 0 Å². The van der Waals surface area contributed by atoms with E-state index in [1.807, 2.05) is 52.6 Å². The first-order chi connectivity index (χ1) is 42.6. The fraction of sp³-hybridized carbons (Fsp3) is 0.632. The molecule has 6 rings (SSSR count). The molecule has 4 atom stereocenters. The van der Waals surface area contributed by atoms with Gasteiger partial charge in [0.1, 0.15) is 23.0 Å². The summed E-state index contributed by atoms with van der Waals surface area (Å²) in [5.74, 6) is 3.47. The quantitative estimate of drug-likeness (QED) is 0.0205. The van der Waals surface area contributed by atoms with Crippen molar-refractivity contribution in [3.63, 3.8) is 0 Å². The van der Waals surface area contributed by atoms with Gasteiger partial charge >= 0.3 is 0 Å². The van der Waals surface area contributed by atoms with Crippen molar-refractivity contribution in [1.29, 1.82) is 0 Å². The summed E-state index contributed by atoms with van der Waals surface area (Å²) in [5, 5.41) is 44.0. The van der Waals surface area contributed by atoms with Crippen molar-refractivity contribution in [3.8, 4) is 23.0 Å².